The molecule has 2 aromatic carbocycles. The summed E-state index contributed by atoms with van der Waals surface area (Å²) in [5.41, 5.74) is 3.83. The van der Waals surface area contributed by atoms with E-state index < -0.39 is 5.97 Å². The number of hydrogen-bond donors (Lipinski definition) is 1. The number of aliphatic carboxylic acids is 1. The molecule has 0 aliphatic heterocycles. The van der Waals surface area contributed by atoms with E-state index >= 15 is 0 Å². The van der Waals surface area contributed by atoms with Gasteiger partial charge in [-0.3, -0.25) is 0 Å². The lowest BCUT2D eigenvalue weighted by Crippen LogP contribution is -1.97. The number of benzene rings is 2. The molecule has 0 fully saturated rings. The smallest absolute Gasteiger partial charge is 0.335 e. The van der Waals surface area contributed by atoms with Crippen molar-refractivity contribution in [1.29, 1.82) is 0 Å². The second kappa shape index (κ2) is 7.28. The molecule has 0 aliphatic carbocycles. The minimum absolute atomic E-state index is 0.0889. The van der Waals surface area contributed by atoms with Crippen molar-refractivity contribution in [2.45, 2.75) is 19.8 Å². The number of aryl methyl sites for hydroxylation is 1. The molecule has 0 saturated carbocycles. The van der Waals surface area contributed by atoms with Gasteiger partial charge in [-0.25, -0.2) is 4.79 Å². The largest absolute Gasteiger partial charge is 0.478 e. The molecule has 2 heteroatoms. The molecule has 1 N–H and O–H groups in total. The second-order valence-electron chi connectivity index (χ2n) is 5.06. The summed E-state index contributed by atoms with van der Waals surface area (Å²) in [6.45, 7) is 5.70. The Morgan fingerprint density at radius 2 is 1.50 bits per heavy atom. The Balaban J connectivity index is 2.11. The number of hydrogen-bond acceptors (Lipinski definition) is 1. The summed E-state index contributed by atoms with van der Waals surface area (Å²) in [7, 11) is 0. The van der Waals surface area contributed by atoms with E-state index in [0.29, 0.717) is 5.56 Å². The first-order chi connectivity index (χ1) is 10.6. The molecular weight excluding hydrogens is 272 g/mol. The van der Waals surface area contributed by atoms with Crippen molar-refractivity contribution in [2.24, 2.45) is 0 Å². The summed E-state index contributed by atoms with van der Waals surface area (Å²) in [4.78, 5) is 10.8. The first-order valence-electron chi connectivity index (χ1n) is 7.23. The van der Waals surface area contributed by atoms with E-state index in [9.17, 15) is 4.79 Å². The van der Waals surface area contributed by atoms with E-state index in [1.54, 1.807) is 12.1 Å². The summed E-state index contributed by atoms with van der Waals surface area (Å²) in [5, 5.41) is 8.89. The predicted octanol–water partition coefficient (Wildman–Crippen LogP) is 4.14. The van der Waals surface area contributed by atoms with Crippen LogP contribution in [0.1, 0.15) is 35.6 Å². The van der Waals surface area contributed by atoms with Gasteiger partial charge in [-0.15, -0.1) is 0 Å². The molecule has 110 valence electrons. The van der Waals surface area contributed by atoms with Crippen LogP contribution in [0.2, 0.25) is 0 Å². The molecule has 0 aliphatic rings. The van der Waals surface area contributed by atoms with Crippen LogP contribution in [-0.4, -0.2) is 11.1 Å². The van der Waals surface area contributed by atoms with Crippen LogP contribution in [0.25, 0.3) is 5.57 Å². The van der Waals surface area contributed by atoms with Gasteiger partial charge < -0.3 is 5.11 Å². The van der Waals surface area contributed by atoms with Gasteiger partial charge in [-0.05, 0) is 41.8 Å². The van der Waals surface area contributed by atoms with Gasteiger partial charge in [0.25, 0.3) is 0 Å². The number of carboxylic acid groups (broad SMARTS) is 1. The van der Waals surface area contributed by atoms with E-state index in [0.717, 1.165) is 24.0 Å². The highest BCUT2D eigenvalue weighted by atomic mass is 16.4. The number of carboxylic acids is 1. The fourth-order valence-corrected chi connectivity index (χ4v) is 2.07. The van der Waals surface area contributed by atoms with Crippen LogP contribution in [0.3, 0.4) is 0 Å². The van der Waals surface area contributed by atoms with Gasteiger partial charge in [-0.1, -0.05) is 56.0 Å². The van der Waals surface area contributed by atoms with E-state index in [-0.39, 0.29) is 5.57 Å². The van der Waals surface area contributed by atoms with E-state index in [2.05, 4.69) is 37.5 Å². The average molecular weight is 290 g/mol. The van der Waals surface area contributed by atoms with Crippen molar-refractivity contribution >= 4 is 11.5 Å². The summed E-state index contributed by atoms with van der Waals surface area (Å²) in [5.74, 6) is 5.19. The summed E-state index contributed by atoms with van der Waals surface area (Å²) in [6.07, 6.45) is 2.22. The van der Waals surface area contributed by atoms with Crippen molar-refractivity contribution in [3.8, 4) is 11.8 Å². The van der Waals surface area contributed by atoms with Crippen molar-refractivity contribution in [3.63, 3.8) is 0 Å². The highest BCUT2D eigenvalue weighted by Crippen LogP contribution is 2.13. The van der Waals surface area contributed by atoms with E-state index in [4.69, 9.17) is 5.11 Å². The third-order valence-electron chi connectivity index (χ3n) is 3.34. The summed E-state index contributed by atoms with van der Waals surface area (Å²) >= 11 is 0. The normalized spacial score (nSPS) is 9.68. The highest BCUT2D eigenvalue weighted by molar-refractivity contribution is 6.14. The number of rotatable bonds is 4. The van der Waals surface area contributed by atoms with Gasteiger partial charge in [0.05, 0.1) is 5.57 Å². The van der Waals surface area contributed by atoms with Crippen LogP contribution in [0.15, 0.2) is 55.1 Å². The van der Waals surface area contributed by atoms with Gasteiger partial charge in [-0.2, -0.15) is 0 Å². The third-order valence-corrected chi connectivity index (χ3v) is 3.34. The maximum Gasteiger partial charge on any atom is 0.335 e. The fraction of sp³-hybridized carbons (Fsp3) is 0.150. The maximum atomic E-state index is 10.8. The molecule has 0 atom stereocenters. The van der Waals surface area contributed by atoms with Crippen LogP contribution in [0.4, 0.5) is 0 Å². The van der Waals surface area contributed by atoms with Gasteiger partial charge in [0, 0.05) is 11.1 Å². The zero-order valence-electron chi connectivity index (χ0n) is 12.6. The Labute approximate surface area is 131 Å². The van der Waals surface area contributed by atoms with Crippen LogP contribution >= 0.6 is 0 Å². The van der Waals surface area contributed by atoms with Crippen molar-refractivity contribution in [2.75, 3.05) is 0 Å². The van der Waals surface area contributed by atoms with Gasteiger partial charge in [0.15, 0.2) is 0 Å². The highest BCUT2D eigenvalue weighted by Gasteiger charge is 2.05. The molecule has 22 heavy (non-hydrogen) atoms. The molecule has 0 heterocycles. The first kappa shape index (κ1) is 15.6. The van der Waals surface area contributed by atoms with Crippen molar-refractivity contribution in [1.82, 2.24) is 0 Å². The minimum Gasteiger partial charge on any atom is -0.478 e. The third kappa shape index (κ3) is 4.10. The minimum atomic E-state index is -1.01. The van der Waals surface area contributed by atoms with E-state index in [1.165, 1.54) is 5.56 Å². The van der Waals surface area contributed by atoms with Crippen LogP contribution in [0.5, 0.6) is 0 Å². The second-order valence-corrected chi connectivity index (χ2v) is 5.06. The zero-order valence-corrected chi connectivity index (χ0v) is 12.6. The first-order valence-corrected chi connectivity index (χ1v) is 7.23. The molecule has 2 rings (SSSR count). The molecule has 2 aromatic rings. The summed E-state index contributed by atoms with van der Waals surface area (Å²) in [6, 6.07) is 15.3. The molecule has 2 nitrogen and oxygen atoms in total. The molecule has 0 radical (unpaired) electrons. The molecule has 0 unspecified atom stereocenters. The van der Waals surface area contributed by atoms with Crippen molar-refractivity contribution < 1.29 is 9.90 Å². The Bertz CT molecular complexity index is 726. The Kier molecular flexibility index (Phi) is 5.16. The average Bonchev–Trinajstić information content (AvgIpc) is 2.54. The van der Waals surface area contributed by atoms with Gasteiger partial charge in [0.1, 0.15) is 0 Å². The van der Waals surface area contributed by atoms with Crippen LogP contribution in [0, 0.1) is 11.8 Å². The monoisotopic (exact) mass is 290 g/mol. The lowest BCUT2D eigenvalue weighted by atomic mass is 10.1. The van der Waals surface area contributed by atoms with E-state index in [1.807, 2.05) is 24.3 Å². The van der Waals surface area contributed by atoms with Crippen LogP contribution in [-0.2, 0) is 11.2 Å². The quantitative estimate of drug-likeness (QED) is 0.679. The zero-order chi connectivity index (χ0) is 15.9. The molecule has 0 amide bonds. The number of carbonyl (C=O) groups is 1. The Morgan fingerprint density at radius 1 is 1.00 bits per heavy atom. The molecule has 0 aromatic heterocycles. The SMILES string of the molecule is C=C(C(=O)O)c1ccc(C#Cc2ccc(CCC)cc2)cc1. The summed E-state index contributed by atoms with van der Waals surface area (Å²) < 4.78 is 0. The standard InChI is InChI=1S/C20H18O2/c1-3-4-16-5-7-17(8-6-16)9-10-18-11-13-19(14-12-18)15(2)20(21)22/h5-8,11-14H,2-4H2,1H3,(H,21,22). The van der Waals surface area contributed by atoms with Gasteiger partial charge in [0.2, 0.25) is 0 Å². The maximum absolute atomic E-state index is 10.8. The topological polar surface area (TPSA) is 37.3 Å². The lowest BCUT2D eigenvalue weighted by molar-refractivity contribution is -0.130. The molecule has 0 bridgehead atoms. The molecular formula is C20H18O2. The lowest BCUT2D eigenvalue weighted by Gasteiger charge is -2.00. The fourth-order valence-electron chi connectivity index (χ4n) is 2.07. The van der Waals surface area contributed by atoms with Crippen LogP contribution < -0.4 is 0 Å². The Morgan fingerprint density at radius 3 is 1.95 bits per heavy atom. The Hall–Kier alpha value is -2.79. The molecule has 0 saturated heterocycles. The molecule has 0 spiro atoms. The van der Waals surface area contributed by atoms with Crippen molar-refractivity contribution in [3.05, 3.63) is 77.4 Å². The van der Waals surface area contributed by atoms with Gasteiger partial charge >= 0.3 is 5.97 Å². The predicted molar refractivity (Wildman–Crippen MR) is 89.5 cm³/mol.